The fraction of sp³-hybridized carbons (Fsp3) is 0.429. The number of hydrogen-bond acceptors (Lipinski definition) is 4. The maximum atomic E-state index is 13.0. The van der Waals surface area contributed by atoms with Gasteiger partial charge in [-0.15, -0.1) is 0 Å². The van der Waals surface area contributed by atoms with Crippen LogP contribution in [0.1, 0.15) is 12.8 Å². The third kappa shape index (κ3) is 4.39. The number of sulfone groups is 1. The molecule has 1 aliphatic carbocycles. The van der Waals surface area contributed by atoms with E-state index >= 15 is 0 Å². The minimum Gasteiger partial charge on any atom is -0.387 e. The number of hydrogen-bond donors (Lipinski definition) is 1. The Hall–Kier alpha value is -1.76. The highest BCUT2D eigenvalue weighted by Crippen LogP contribution is 2.42. The summed E-state index contributed by atoms with van der Waals surface area (Å²) in [6.07, 6.45) is 3.10. The Morgan fingerprint density at radius 1 is 1.26 bits per heavy atom. The predicted octanol–water partition coefficient (Wildman–Crippen LogP) is 3.13. The summed E-state index contributed by atoms with van der Waals surface area (Å²) in [4.78, 5) is 2.53. The van der Waals surface area contributed by atoms with Crippen molar-refractivity contribution in [2.24, 2.45) is 11.8 Å². The number of aliphatic hydroxyl groups is 1. The molecule has 3 rings (SSSR count). The van der Waals surface area contributed by atoms with Gasteiger partial charge in [0.2, 0.25) is 0 Å². The van der Waals surface area contributed by atoms with E-state index in [1.807, 2.05) is 6.07 Å². The quantitative estimate of drug-likeness (QED) is 0.726. The number of β-amino-alcohol motifs (C(OH)–C–C–N with tert-alkyl or cyclic N) is 1. The van der Waals surface area contributed by atoms with Crippen LogP contribution < -0.4 is 0 Å². The van der Waals surface area contributed by atoms with E-state index in [4.69, 9.17) is 0 Å². The van der Waals surface area contributed by atoms with Crippen LogP contribution in [-0.2, 0) is 9.84 Å². The van der Waals surface area contributed by atoms with Crippen LogP contribution in [-0.4, -0.2) is 49.4 Å². The lowest BCUT2D eigenvalue weighted by atomic mass is 10.0. The molecule has 6 heteroatoms. The van der Waals surface area contributed by atoms with Crippen molar-refractivity contribution < 1.29 is 17.9 Å². The lowest BCUT2D eigenvalue weighted by molar-refractivity contribution is 0.151. The lowest BCUT2D eigenvalue weighted by Gasteiger charge is -2.22. The predicted molar refractivity (Wildman–Crippen MR) is 105 cm³/mol. The van der Waals surface area contributed by atoms with Crippen molar-refractivity contribution in [3.05, 3.63) is 67.0 Å². The summed E-state index contributed by atoms with van der Waals surface area (Å²) in [6.45, 7) is 8.69. The maximum Gasteiger partial charge on any atom is 0.181 e. The van der Waals surface area contributed by atoms with E-state index in [9.17, 15) is 17.9 Å². The number of fused-ring (bicyclic) bond motifs is 1. The van der Waals surface area contributed by atoms with Crippen LogP contribution in [0, 0.1) is 11.8 Å². The molecule has 1 saturated heterocycles. The highest BCUT2D eigenvalue weighted by Gasteiger charge is 2.45. The molecule has 1 unspecified atom stereocenters. The van der Waals surface area contributed by atoms with E-state index in [0.29, 0.717) is 41.7 Å². The van der Waals surface area contributed by atoms with Crippen LogP contribution >= 0.6 is 0 Å². The molecule has 1 N–H and O–H groups in total. The van der Waals surface area contributed by atoms with Crippen molar-refractivity contribution >= 4 is 9.84 Å². The van der Waals surface area contributed by atoms with E-state index in [2.05, 4.69) is 18.1 Å². The average Bonchev–Trinajstić information content (AvgIpc) is 3.19. The van der Waals surface area contributed by atoms with Crippen LogP contribution in [0.3, 0.4) is 0 Å². The minimum atomic E-state index is -3.29. The normalized spacial score (nSPS) is 27.3. The SMILES string of the molecule is C=C/C(=C\C(=C)F)C(O)CN1C[C@H]2C[C@H](S(=O)(=O)c3ccccc3)C[C@H]2C1. The second-order valence-electron chi connectivity index (χ2n) is 7.50. The van der Waals surface area contributed by atoms with Crippen molar-refractivity contribution in [1.29, 1.82) is 0 Å². The highest BCUT2D eigenvalue weighted by molar-refractivity contribution is 7.92. The van der Waals surface area contributed by atoms with Gasteiger partial charge in [-0.2, -0.15) is 0 Å². The fourth-order valence-corrected chi connectivity index (χ4v) is 6.29. The molecule has 1 heterocycles. The number of rotatable bonds is 7. The summed E-state index contributed by atoms with van der Waals surface area (Å²) in [7, 11) is -3.29. The Balaban J connectivity index is 1.60. The summed E-state index contributed by atoms with van der Waals surface area (Å²) in [5.74, 6) is 0.0113. The fourth-order valence-electron chi connectivity index (χ4n) is 4.37. The van der Waals surface area contributed by atoms with E-state index < -0.39 is 21.8 Å². The van der Waals surface area contributed by atoms with Crippen molar-refractivity contribution in [1.82, 2.24) is 4.90 Å². The first-order valence-corrected chi connectivity index (χ1v) is 10.7. The van der Waals surface area contributed by atoms with Gasteiger partial charge in [0.1, 0.15) is 5.83 Å². The van der Waals surface area contributed by atoms with Gasteiger partial charge in [0.05, 0.1) is 16.2 Å². The standard InChI is InChI=1S/C21H26FNO3S/c1-3-16(9-15(2)22)21(24)14-23-12-17-10-20(11-18(17)13-23)27(25,26)19-7-5-4-6-8-19/h3-9,17-18,20-21,24H,1-2,10-14H2/b16-9+/t17-,18+,20+,21?. The van der Waals surface area contributed by atoms with Gasteiger partial charge in [-0.1, -0.05) is 37.4 Å². The zero-order valence-electron chi connectivity index (χ0n) is 15.3. The van der Waals surface area contributed by atoms with E-state index in [0.717, 1.165) is 13.1 Å². The summed E-state index contributed by atoms with van der Waals surface area (Å²) in [5.41, 5.74) is 0.407. The molecule has 2 fully saturated rings. The number of benzene rings is 1. The van der Waals surface area contributed by atoms with Crippen LogP contribution in [0.2, 0.25) is 0 Å². The van der Waals surface area contributed by atoms with E-state index in [-0.39, 0.29) is 5.25 Å². The molecule has 27 heavy (non-hydrogen) atoms. The Morgan fingerprint density at radius 2 is 1.85 bits per heavy atom. The number of likely N-dealkylation sites (tertiary alicyclic amines) is 1. The Bertz CT molecular complexity index is 820. The molecule has 1 aliphatic heterocycles. The van der Waals surface area contributed by atoms with Crippen LogP contribution in [0.4, 0.5) is 4.39 Å². The highest BCUT2D eigenvalue weighted by atomic mass is 32.2. The van der Waals surface area contributed by atoms with E-state index in [1.54, 1.807) is 24.3 Å². The molecule has 0 bridgehead atoms. The number of halogens is 1. The van der Waals surface area contributed by atoms with Crippen molar-refractivity contribution in [2.75, 3.05) is 19.6 Å². The molecule has 0 spiro atoms. The van der Waals surface area contributed by atoms with Crippen molar-refractivity contribution in [2.45, 2.75) is 29.1 Å². The van der Waals surface area contributed by atoms with Crippen LogP contribution in [0.15, 0.2) is 71.9 Å². The summed E-state index contributed by atoms with van der Waals surface area (Å²) in [5, 5.41) is 9.99. The monoisotopic (exact) mass is 391 g/mol. The molecule has 0 radical (unpaired) electrons. The molecule has 4 atom stereocenters. The second kappa shape index (κ2) is 8.09. The third-order valence-electron chi connectivity index (χ3n) is 5.67. The van der Waals surface area contributed by atoms with Gasteiger partial charge in [0, 0.05) is 19.6 Å². The molecule has 0 amide bonds. The average molecular weight is 392 g/mol. The molecule has 0 aromatic heterocycles. The third-order valence-corrected chi connectivity index (χ3v) is 7.86. The van der Waals surface area contributed by atoms with Gasteiger partial charge in [0.15, 0.2) is 9.84 Å². The van der Waals surface area contributed by atoms with Gasteiger partial charge in [-0.05, 0) is 48.5 Å². The van der Waals surface area contributed by atoms with Gasteiger partial charge in [0.25, 0.3) is 0 Å². The zero-order chi connectivity index (χ0) is 19.6. The smallest absolute Gasteiger partial charge is 0.181 e. The number of aliphatic hydroxyl groups excluding tert-OH is 1. The molecular weight excluding hydrogens is 365 g/mol. The topological polar surface area (TPSA) is 57.6 Å². The molecule has 4 nitrogen and oxygen atoms in total. The first-order chi connectivity index (χ1) is 12.8. The Labute approximate surface area is 160 Å². The largest absolute Gasteiger partial charge is 0.387 e. The van der Waals surface area contributed by atoms with Crippen molar-refractivity contribution in [3.63, 3.8) is 0 Å². The maximum absolute atomic E-state index is 13.0. The summed E-state index contributed by atoms with van der Waals surface area (Å²) >= 11 is 0. The molecule has 1 aromatic rings. The van der Waals surface area contributed by atoms with Crippen molar-refractivity contribution in [3.8, 4) is 0 Å². The zero-order valence-corrected chi connectivity index (χ0v) is 16.1. The van der Waals surface area contributed by atoms with Gasteiger partial charge in [-0.3, -0.25) is 4.90 Å². The number of nitrogens with zero attached hydrogens (tertiary/aromatic N) is 1. The molecule has 2 aliphatic rings. The first-order valence-electron chi connectivity index (χ1n) is 9.19. The molecule has 1 aromatic carbocycles. The van der Waals surface area contributed by atoms with Crippen LogP contribution in [0.25, 0.3) is 0 Å². The lowest BCUT2D eigenvalue weighted by Crippen LogP contribution is -2.33. The number of allylic oxidation sites excluding steroid dienone is 2. The Kier molecular flexibility index (Phi) is 5.99. The summed E-state index contributed by atoms with van der Waals surface area (Å²) in [6, 6.07) is 8.64. The molecular formula is C21H26FNO3S. The Morgan fingerprint density at radius 3 is 2.37 bits per heavy atom. The minimum absolute atomic E-state index is 0.313. The van der Waals surface area contributed by atoms with Crippen LogP contribution in [0.5, 0.6) is 0 Å². The summed E-state index contributed by atoms with van der Waals surface area (Å²) < 4.78 is 38.7. The van der Waals surface area contributed by atoms with Gasteiger partial charge >= 0.3 is 0 Å². The van der Waals surface area contributed by atoms with E-state index in [1.165, 1.54) is 12.2 Å². The molecule has 1 saturated carbocycles. The van der Waals surface area contributed by atoms with Gasteiger partial charge < -0.3 is 5.11 Å². The first kappa shape index (κ1) is 20.0. The molecule has 146 valence electrons. The second-order valence-corrected chi connectivity index (χ2v) is 9.73. The van der Waals surface area contributed by atoms with Gasteiger partial charge in [-0.25, -0.2) is 12.8 Å².